The van der Waals surface area contributed by atoms with Crippen LogP contribution in [0.15, 0.2) is 224 Å². The van der Waals surface area contributed by atoms with Crippen molar-refractivity contribution >= 4 is 49.4 Å². The van der Waals surface area contributed by atoms with Crippen LogP contribution in [-0.4, -0.2) is 0 Å². The van der Waals surface area contributed by atoms with Crippen LogP contribution in [0.5, 0.6) is 0 Å². The van der Waals surface area contributed by atoms with E-state index in [-0.39, 0.29) is 0 Å². The Kier molecular flexibility index (Phi) is 8.24. The molecule has 0 unspecified atom stereocenters. The highest BCUT2D eigenvalue weighted by molar-refractivity contribution is 6.25. The van der Waals surface area contributed by atoms with Crippen LogP contribution in [0.1, 0.15) is 0 Å². The van der Waals surface area contributed by atoms with Gasteiger partial charge in [-0.1, -0.05) is 176 Å². The molecule has 0 spiro atoms. The van der Waals surface area contributed by atoms with Gasteiger partial charge in [0.05, 0.1) is 0 Å². The second-order valence-electron chi connectivity index (χ2n) is 14.1. The molecule has 55 heavy (non-hydrogen) atoms. The van der Waals surface area contributed by atoms with E-state index in [1.165, 1.54) is 76.8 Å². The van der Waals surface area contributed by atoms with E-state index in [2.05, 4.69) is 229 Å². The number of anilines is 3. The van der Waals surface area contributed by atoms with E-state index in [0.717, 1.165) is 17.1 Å². The van der Waals surface area contributed by atoms with Crippen molar-refractivity contribution in [3.8, 4) is 44.5 Å². The summed E-state index contributed by atoms with van der Waals surface area (Å²) in [6.45, 7) is 0. The zero-order chi connectivity index (χ0) is 36.6. The third-order valence-electron chi connectivity index (χ3n) is 10.9. The van der Waals surface area contributed by atoms with Gasteiger partial charge in [-0.3, -0.25) is 0 Å². The van der Waals surface area contributed by atoms with Crippen molar-refractivity contribution < 1.29 is 0 Å². The lowest BCUT2D eigenvalue weighted by molar-refractivity contribution is 1.28. The average Bonchev–Trinajstić information content (AvgIpc) is 3.28. The Labute approximate surface area is 322 Å². The van der Waals surface area contributed by atoms with Gasteiger partial charge >= 0.3 is 0 Å². The van der Waals surface area contributed by atoms with E-state index in [1.807, 2.05) is 0 Å². The van der Waals surface area contributed by atoms with E-state index in [0.29, 0.717) is 0 Å². The number of nitrogens with zero attached hydrogens (tertiary/aromatic N) is 1. The highest BCUT2D eigenvalue weighted by Gasteiger charge is 2.15. The van der Waals surface area contributed by atoms with Crippen LogP contribution in [-0.2, 0) is 0 Å². The molecule has 0 heterocycles. The number of hydrogen-bond donors (Lipinski definition) is 0. The van der Waals surface area contributed by atoms with Crippen molar-refractivity contribution in [2.45, 2.75) is 0 Å². The molecule has 0 saturated carbocycles. The van der Waals surface area contributed by atoms with Gasteiger partial charge in [-0.05, 0) is 125 Å². The summed E-state index contributed by atoms with van der Waals surface area (Å²) in [5.41, 5.74) is 13.0. The standard InChI is InChI=1S/C54H37N/c1-3-12-38(13-4-1)40-22-29-46(30-23-40)55(47-31-24-41(25-32-47)39-14-5-2-6-15-39)48-33-26-42(27-34-48)43-16-11-17-44(36-43)45-28-35-53-51-20-8-7-18-49(51)50-19-9-10-21-52(50)54(53)37-45/h1-37H. The van der Waals surface area contributed by atoms with E-state index in [1.54, 1.807) is 0 Å². The molecule has 0 radical (unpaired) electrons. The van der Waals surface area contributed by atoms with Crippen LogP contribution in [0.2, 0.25) is 0 Å². The van der Waals surface area contributed by atoms with Crippen LogP contribution >= 0.6 is 0 Å². The molecule has 1 nitrogen and oxygen atoms in total. The molecule has 0 fully saturated rings. The van der Waals surface area contributed by atoms with Crippen molar-refractivity contribution in [1.82, 2.24) is 0 Å². The Hall–Kier alpha value is -7.22. The SMILES string of the molecule is c1ccc(-c2ccc(N(c3ccc(-c4ccccc4)cc3)c3ccc(-c4cccc(-c5ccc6c7ccccc7c7ccccc7c6c5)c4)cc3)cc2)cc1. The summed E-state index contributed by atoms with van der Waals surface area (Å²) in [6, 6.07) is 81.3. The molecule has 0 aliphatic heterocycles. The summed E-state index contributed by atoms with van der Waals surface area (Å²) in [5, 5.41) is 7.76. The summed E-state index contributed by atoms with van der Waals surface area (Å²) in [7, 11) is 0. The fourth-order valence-corrected chi connectivity index (χ4v) is 8.08. The Bertz CT molecular complexity index is 2810. The highest BCUT2D eigenvalue weighted by atomic mass is 15.1. The Morgan fingerprint density at radius 2 is 0.473 bits per heavy atom. The molecular weight excluding hydrogens is 663 g/mol. The van der Waals surface area contributed by atoms with Gasteiger partial charge in [0.2, 0.25) is 0 Å². The van der Waals surface area contributed by atoms with Gasteiger partial charge in [0.25, 0.3) is 0 Å². The summed E-state index contributed by atoms with van der Waals surface area (Å²) in [6.07, 6.45) is 0. The van der Waals surface area contributed by atoms with Gasteiger partial charge in [-0.25, -0.2) is 0 Å². The minimum atomic E-state index is 1.11. The predicted octanol–water partition coefficient (Wildman–Crippen LogP) is 15.3. The molecule has 0 aliphatic carbocycles. The Morgan fingerprint density at radius 3 is 0.927 bits per heavy atom. The van der Waals surface area contributed by atoms with Crippen molar-refractivity contribution in [2.75, 3.05) is 4.90 Å². The first-order valence-corrected chi connectivity index (χ1v) is 18.9. The summed E-state index contributed by atoms with van der Waals surface area (Å²) < 4.78 is 0. The first-order chi connectivity index (χ1) is 27.3. The molecule has 10 aromatic carbocycles. The van der Waals surface area contributed by atoms with Crippen molar-refractivity contribution in [3.63, 3.8) is 0 Å². The molecule has 10 rings (SSSR count). The first kappa shape index (κ1) is 32.4. The summed E-state index contributed by atoms with van der Waals surface area (Å²) >= 11 is 0. The normalized spacial score (nSPS) is 11.3. The van der Waals surface area contributed by atoms with Crippen LogP contribution in [0.3, 0.4) is 0 Å². The van der Waals surface area contributed by atoms with Crippen LogP contribution in [0.4, 0.5) is 17.1 Å². The van der Waals surface area contributed by atoms with Crippen molar-refractivity contribution in [1.29, 1.82) is 0 Å². The topological polar surface area (TPSA) is 3.24 Å². The molecule has 0 N–H and O–H groups in total. The maximum Gasteiger partial charge on any atom is 0.0462 e. The molecule has 0 aromatic heterocycles. The molecule has 1 heteroatoms. The molecule has 258 valence electrons. The third-order valence-corrected chi connectivity index (χ3v) is 10.9. The molecule has 0 bridgehead atoms. The minimum absolute atomic E-state index is 1.11. The number of benzene rings is 10. The fourth-order valence-electron chi connectivity index (χ4n) is 8.08. The van der Waals surface area contributed by atoms with E-state index in [9.17, 15) is 0 Å². The lowest BCUT2D eigenvalue weighted by Gasteiger charge is -2.26. The van der Waals surface area contributed by atoms with Gasteiger partial charge in [0, 0.05) is 17.1 Å². The Morgan fingerprint density at radius 1 is 0.182 bits per heavy atom. The average molecular weight is 700 g/mol. The third kappa shape index (κ3) is 6.12. The lowest BCUT2D eigenvalue weighted by Crippen LogP contribution is -2.09. The Balaban J connectivity index is 1.01. The lowest BCUT2D eigenvalue weighted by atomic mass is 9.91. The maximum atomic E-state index is 2.37. The van der Waals surface area contributed by atoms with Crippen LogP contribution in [0, 0.1) is 0 Å². The second-order valence-corrected chi connectivity index (χ2v) is 14.1. The zero-order valence-corrected chi connectivity index (χ0v) is 30.3. The van der Waals surface area contributed by atoms with Gasteiger partial charge in [0.15, 0.2) is 0 Å². The number of hydrogen-bond acceptors (Lipinski definition) is 1. The summed E-state index contributed by atoms with van der Waals surface area (Å²) in [4.78, 5) is 2.34. The van der Waals surface area contributed by atoms with E-state index < -0.39 is 0 Å². The molecule has 0 saturated heterocycles. The van der Waals surface area contributed by atoms with Crippen molar-refractivity contribution in [3.05, 3.63) is 224 Å². The highest BCUT2D eigenvalue weighted by Crippen LogP contribution is 2.40. The molecule has 0 amide bonds. The van der Waals surface area contributed by atoms with Gasteiger partial charge in [0.1, 0.15) is 0 Å². The smallest absolute Gasteiger partial charge is 0.0462 e. The largest absolute Gasteiger partial charge is 0.311 e. The van der Waals surface area contributed by atoms with Crippen molar-refractivity contribution in [2.24, 2.45) is 0 Å². The molecular formula is C54H37N. The monoisotopic (exact) mass is 699 g/mol. The van der Waals surface area contributed by atoms with E-state index in [4.69, 9.17) is 0 Å². The minimum Gasteiger partial charge on any atom is -0.311 e. The quantitative estimate of drug-likeness (QED) is 0.150. The molecule has 0 aliphatic rings. The zero-order valence-electron chi connectivity index (χ0n) is 30.3. The van der Waals surface area contributed by atoms with Gasteiger partial charge < -0.3 is 4.90 Å². The predicted molar refractivity (Wildman–Crippen MR) is 235 cm³/mol. The van der Waals surface area contributed by atoms with E-state index >= 15 is 0 Å². The molecule has 10 aromatic rings. The summed E-state index contributed by atoms with van der Waals surface area (Å²) in [5.74, 6) is 0. The van der Waals surface area contributed by atoms with Gasteiger partial charge in [-0.15, -0.1) is 0 Å². The maximum absolute atomic E-state index is 2.37. The fraction of sp³-hybridized carbons (Fsp3) is 0. The van der Waals surface area contributed by atoms with Gasteiger partial charge in [-0.2, -0.15) is 0 Å². The number of rotatable bonds is 7. The number of fused-ring (bicyclic) bond motifs is 6. The van der Waals surface area contributed by atoms with Crippen LogP contribution < -0.4 is 4.90 Å². The first-order valence-electron chi connectivity index (χ1n) is 18.9. The molecule has 0 atom stereocenters. The second kappa shape index (κ2) is 14.0. The van der Waals surface area contributed by atoms with Crippen LogP contribution in [0.25, 0.3) is 76.8 Å².